The Kier molecular flexibility index (Phi) is 2.00. The molecule has 6 heteroatoms. The molecule has 0 saturated heterocycles. The number of nitrogens with one attached hydrogen (secondary N) is 4. The highest BCUT2D eigenvalue weighted by atomic mass is 16.2. The maximum absolute atomic E-state index is 12.0. The Bertz CT molecular complexity index is 705. The van der Waals surface area contributed by atoms with Gasteiger partial charge in [-0.3, -0.25) is 9.89 Å². The molecular weight excluding hydrogens is 254 g/mol. The summed E-state index contributed by atoms with van der Waals surface area (Å²) in [6.07, 6.45) is 1.75. The molecule has 2 aliphatic rings. The molecule has 20 heavy (non-hydrogen) atoms. The molecule has 2 aliphatic heterocycles. The van der Waals surface area contributed by atoms with Crippen molar-refractivity contribution in [2.75, 3.05) is 16.0 Å². The summed E-state index contributed by atoms with van der Waals surface area (Å²) in [5.41, 5.74) is 4.31. The molecule has 1 unspecified atom stereocenters. The quantitative estimate of drug-likeness (QED) is 0.639. The molecule has 0 saturated carbocycles. The molecule has 0 aliphatic carbocycles. The summed E-state index contributed by atoms with van der Waals surface area (Å²) >= 11 is 0. The average molecular weight is 269 g/mol. The van der Waals surface area contributed by atoms with E-state index in [0.29, 0.717) is 0 Å². The molecule has 1 atom stereocenters. The lowest BCUT2D eigenvalue weighted by Gasteiger charge is -2.15. The number of carbonyl (C=O) groups excluding carboxylic acids is 1. The van der Waals surface area contributed by atoms with Crippen molar-refractivity contribution in [1.82, 2.24) is 10.2 Å². The standard InChI is InChI=1S/C14H15N5O/c1-14(2)7-5-10-11(6-9(7)18-13(14)20)17-12(16-10)8-3-4-15-19-8/h3-6,12,16-17H,1-2H3,(H,15,19)(H,18,20). The monoisotopic (exact) mass is 269 g/mol. The molecular formula is C14H15N5O. The third-order valence-electron chi connectivity index (χ3n) is 4.06. The first kappa shape index (κ1) is 11.3. The smallest absolute Gasteiger partial charge is 0.234 e. The van der Waals surface area contributed by atoms with Crippen LogP contribution < -0.4 is 16.0 Å². The predicted molar refractivity (Wildman–Crippen MR) is 76.7 cm³/mol. The second kappa shape index (κ2) is 3.53. The van der Waals surface area contributed by atoms with Crippen LogP contribution in [0.15, 0.2) is 24.4 Å². The Balaban J connectivity index is 1.74. The van der Waals surface area contributed by atoms with E-state index in [1.165, 1.54) is 0 Å². The number of nitrogens with zero attached hydrogens (tertiary/aromatic N) is 1. The predicted octanol–water partition coefficient (Wildman–Crippen LogP) is 2.18. The van der Waals surface area contributed by atoms with E-state index in [1.807, 2.05) is 32.0 Å². The number of hydrogen-bond donors (Lipinski definition) is 4. The number of aromatic amines is 1. The van der Waals surface area contributed by atoms with Gasteiger partial charge in [-0.15, -0.1) is 0 Å². The average Bonchev–Trinajstić information content (AvgIpc) is 3.08. The topological polar surface area (TPSA) is 81.8 Å². The molecule has 102 valence electrons. The van der Waals surface area contributed by atoms with Gasteiger partial charge in [-0.2, -0.15) is 5.10 Å². The maximum Gasteiger partial charge on any atom is 0.234 e. The number of carbonyl (C=O) groups is 1. The number of anilines is 3. The Morgan fingerprint density at radius 2 is 1.90 bits per heavy atom. The minimum atomic E-state index is -0.490. The lowest BCUT2D eigenvalue weighted by atomic mass is 9.86. The summed E-state index contributed by atoms with van der Waals surface area (Å²) in [5.74, 6) is 0.0417. The van der Waals surface area contributed by atoms with Gasteiger partial charge in [0, 0.05) is 11.9 Å². The van der Waals surface area contributed by atoms with E-state index >= 15 is 0 Å². The van der Waals surface area contributed by atoms with Gasteiger partial charge >= 0.3 is 0 Å². The van der Waals surface area contributed by atoms with Crippen molar-refractivity contribution in [3.8, 4) is 0 Å². The number of rotatable bonds is 1. The van der Waals surface area contributed by atoms with Crippen LogP contribution in [-0.4, -0.2) is 16.1 Å². The first-order valence-electron chi connectivity index (χ1n) is 6.58. The highest BCUT2D eigenvalue weighted by Crippen LogP contribution is 2.45. The van der Waals surface area contributed by atoms with Gasteiger partial charge in [-0.1, -0.05) is 0 Å². The molecule has 1 aromatic heterocycles. The van der Waals surface area contributed by atoms with Crippen molar-refractivity contribution in [3.63, 3.8) is 0 Å². The molecule has 3 heterocycles. The Labute approximate surface area is 116 Å². The summed E-state index contributed by atoms with van der Waals surface area (Å²) in [7, 11) is 0. The van der Waals surface area contributed by atoms with Gasteiger partial charge in [0.25, 0.3) is 0 Å². The van der Waals surface area contributed by atoms with Crippen molar-refractivity contribution in [1.29, 1.82) is 0 Å². The van der Waals surface area contributed by atoms with Crippen LogP contribution in [0.25, 0.3) is 0 Å². The first-order valence-corrected chi connectivity index (χ1v) is 6.58. The lowest BCUT2D eigenvalue weighted by Crippen LogP contribution is -2.26. The van der Waals surface area contributed by atoms with Crippen molar-refractivity contribution < 1.29 is 4.79 Å². The molecule has 4 N–H and O–H groups in total. The van der Waals surface area contributed by atoms with Crippen LogP contribution in [0.5, 0.6) is 0 Å². The minimum absolute atomic E-state index is 0.0417. The molecule has 0 fully saturated rings. The summed E-state index contributed by atoms with van der Waals surface area (Å²) in [5, 5.41) is 16.7. The number of aromatic nitrogens is 2. The third kappa shape index (κ3) is 1.39. The molecule has 0 radical (unpaired) electrons. The van der Waals surface area contributed by atoms with E-state index < -0.39 is 5.41 Å². The largest absolute Gasteiger partial charge is 0.359 e. The van der Waals surface area contributed by atoms with Gasteiger partial charge in [0.1, 0.15) is 11.9 Å². The Morgan fingerprint density at radius 1 is 1.15 bits per heavy atom. The number of benzene rings is 1. The fourth-order valence-electron chi connectivity index (χ4n) is 2.79. The Morgan fingerprint density at radius 3 is 2.60 bits per heavy atom. The number of hydrogen-bond acceptors (Lipinski definition) is 4. The number of fused-ring (bicyclic) bond motifs is 2. The Hall–Kier alpha value is -2.50. The van der Waals surface area contributed by atoms with Crippen LogP contribution >= 0.6 is 0 Å². The zero-order valence-corrected chi connectivity index (χ0v) is 11.2. The van der Waals surface area contributed by atoms with Crippen molar-refractivity contribution in [3.05, 3.63) is 35.7 Å². The highest BCUT2D eigenvalue weighted by molar-refractivity contribution is 6.07. The van der Waals surface area contributed by atoms with Gasteiger partial charge in [-0.05, 0) is 37.6 Å². The summed E-state index contributed by atoms with van der Waals surface area (Å²) in [4.78, 5) is 12.0. The number of amides is 1. The SMILES string of the molecule is CC1(C)C(=O)Nc2cc3c(cc21)NC(c1cc[nH]n1)N3. The minimum Gasteiger partial charge on any atom is -0.359 e. The maximum atomic E-state index is 12.0. The number of H-pyrrole nitrogens is 1. The molecule has 0 bridgehead atoms. The molecule has 6 nitrogen and oxygen atoms in total. The molecule has 2 aromatic rings. The fourth-order valence-corrected chi connectivity index (χ4v) is 2.79. The van der Waals surface area contributed by atoms with Gasteiger partial charge in [-0.25, -0.2) is 0 Å². The van der Waals surface area contributed by atoms with E-state index in [-0.39, 0.29) is 12.1 Å². The van der Waals surface area contributed by atoms with E-state index in [9.17, 15) is 4.79 Å². The first-order chi connectivity index (χ1) is 9.55. The molecule has 0 spiro atoms. The van der Waals surface area contributed by atoms with E-state index in [1.54, 1.807) is 6.20 Å². The summed E-state index contributed by atoms with van der Waals surface area (Å²) < 4.78 is 0. The van der Waals surface area contributed by atoms with E-state index in [4.69, 9.17) is 0 Å². The lowest BCUT2D eigenvalue weighted by molar-refractivity contribution is -0.119. The summed E-state index contributed by atoms with van der Waals surface area (Å²) in [6.45, 7) is 3.88. The van der Waals surface area contributed by atoms with Crippen molar-refractivity contribution >= 4 is 23.0 Å². The van der Waals surface area contributed by atoms with E-state index in [2.05, 4.69) is 26.1 Å². The second-order valence-corrected chi connectivity index (χ2v) is 5.74. The second-order valence-electron chi connectivity index (χ2n) is 5.74. The zero-order chi connectivity index (χ0) is 13.9. The van der Waals surface area contributed by atoms with Crippen molar-refractivity contribution in [2.24, 2.45) is 0 Å². The normalized spacial score (nSPS) is 21.7. The van der Waals surface area contributed by atoms with Crippen LogP contribution in [0.4, 0.5) is 17.1 Å². The fraction of sp³-hybridized carbons (Fsp3) is 0.286. The van der Waals surface area contributed by atoms with Crippen LogP contribution in [-0.2, 0) is 10.2 Å². The highest BCUT2D eigenvalue weighted by Gasteiger charge is 2.40. The molecule has 1 aromatic carbocycles. The van der Waals surface area contributed by atoms with Crippen LogP contribution in [0, 0.1) is 0 Å². The van der Waals surface area contributed by atoms with E-state index in [0.717, 1.165) is 28.3 Å². The zero-order valence-electron chi connectivity index (χ0n) is 11.2. The molecule has 1 amide bonds. The van der Waals surface area contributed by atoms with Crippen LogP contribution in [0.3, 0.4) is 0 Å². The van der Waals surface area contributed by atoms with Crippen LogP contribution in [0.2, 0.25) is 0 Å². The van der Waals surface area contributed by atoms with Gasteiger partial charge < -0.3 is 16.0 Å². The van der Waals surface area contributed by atoms with Gasteiger partial charge in [0.05, 0.1) is 16.8 Å². The van der Waals surface area contributed by atoms with Crippen LogP contribution in [0.1, 0.15) is 31.3 Å². The van der Waals surface area contributed by atoms with Gasteiger partial charge in [0.15, 0.2) is 0 Å². The summed E-state index contributed by atoms with van der Waals surface area (Å²) in [6, 6.07) is 5.95. The van der Waals surface area contributed by atoms with Crippen molar-refractivity contribution in [2.45, 2.75) is 25.4 Å². The third-order valence-corrected chi connectivity index (χ3v) is 4.06. The molecule has 4 rings (SSSR count). The van der Waals surface area contributed by atoms with Gasteiger partial charge in [0.2, 0.25) is 5.91 Å².